The van der Waals surface area contributed by atoms with Crippen LogP contribution in [-0.2, 0) is 4.79 Å². The Hall–Kier alpha value is -3.13. The molecule has 7 nitrogen and oxygen atoms in total. The number of anilines is 2. The molecule has 25 heavy (non-hydrogen) atoms. The molecule has 0 fully saturated rings. The molecule has 2 heterocycles. The number of fused-ring (bicyclic) bond motifs is 2. The maximum Gasteiger partial charge on any atom is 0.255 e. The van der Waals surface area contributed by atoms with Crippen LogP contribution in [0.2, 0.25) is 0 Å². The first-order valence-electron chi connectivity index (χ1n) is 7.48. The third-order valence-electron chi connectivity index (χ3n) is 3.56. The summed E-state index contributed by atoms with van der Waals surface area (Å²) in [4.78, 5) is 27.9. The molecule has 0 atom stereocenters. The molecule has 8 heteroatoms. The zero-order valence-electron chi connectivity index (χ0n) is 13.2. The van der Waals surface area contributed by atoms with Crippen molar-refractivity contribution in [1.29, 1.82) is 0 Å². The van der Waals surface area contributed by atoms with Crippen molar-refractivity contribution >= 4 is 44.2 Å². The smallest absolute Gasteiger partial charge is 0.255 e. The van der Waals surface area contributed by atoms with E-state index in [2.05, 4.69) is 15.6 Å². The number of aromatic nitrogens is 1. The zero-order chi connectivity index (χ0) is 17.4. The highest BCUT2D eigenvalue weighted by Crippen LogP contribution is 2.34. The molecule has 0 radical (unpaired) electrons. The fraction of sp³-hybridized carbons (Fsp3) is 0.118. The van der Waals surface area contributed by atoms with E-state index in [1.807, 2.05) is 0 Å². The molecule has 1 aromatic heterocycles. The summed E-state index contributed by atoms with van der Waals surface area (Å²) in [6.07, 6.45) is 0. The minimum Gasteiger partial charge on any atom is -0.454 e. The first-order chi connectivity index (χ1) is 12.1. The Labute approximate surface area is 146 Å². The number of hydrogen-bond acceptors (Lipinski definition) is 6. The highest BCUT2D eigenvalue weighted by Gasteiger charge is 2.15. The van der Waals surface area contributed by atoms with Gasteiger partial charge in [-0.3, -0.25) is 9.59 Å². The van der Waals surface area contributed by atoms with Crippen molar-refractivity contribution in [2.24, 2.45) is 0 Å². The number of nitrogens with zero attached hydrogens (tertiary/aromatic N) is 1. The number of hydrogen-bond donors (Lipinski definition) is 2. The van der Waals surface area contributed by atoms with Crippen molar-refractivity contribution in [2.45, 2.75) is 6.92 Å². The van der Waals surface area contributed by atoms with Gasteiger partial charge in [0.1, 0.15) is 0 Å². The Morgan fingerprint density at radius 3 is 2.76 bits per heavy atom. The molecular weight excluding hydrogens is 342 g/mol. The number of carbonyl (C=O) groups is 2. The summed E-state index contributed by atoms with van der Waals surface area (Å²) in [5, 5.41) is 5.99. The van der Waals surface area contributed by atoms with Crippen LogP contribution in [0, 0.1) is 0 Å². The monoisotopic (exact) mass is 355 g/mol. The molecule has 0 aliphatic carbocycles. The predicted octanol–water partition coefficient (Wildman–Crippen LogP) is 3.24. The second-order valence-electron chi connectivity index (χ2n) is 5.40. The van der Waals surface area contributed by atoms with Crippen molar-refractivity contribution in [3.8, 4) is 11.5 Å². The van der Waals surface area contributed by atoms with Crippen LogP contribution in [0.5, 0.6) is 11.5 Å². The van der Waals surface area contributed by atoms with Crippen LogP contribution >= 0.6 is 11.3 Å². The van der Waals surface area contributed by atoms with Gasteiger partial charge in [0.05, 0.1) is 10.2 Å². The van der Waals surface area contributed by atoms with Crippen LogP contribution < -0.4 is 20.1 Å². The lowest BCUT2D eigenvalue weighted by Gasteiger charge is -2.06. The fourth-order valence-corrected chi connectivity index (χ4v) is 3.40. The summed E-state index contributed by atoms with van der Waals surface area (Å²) in [5.41, 5.74) is 1.86. The SMILES string of the molecule is CC(=O)Nc1nc2ccc(C(=O)Nc3ccc4c(c3)OCO4)cc2s1. The maximum absolute atomic E-state index is 12.5. The number of amides is 2. The highest BCUT2D eigenvalue weighted by molar-refractivity contribution is 7.22. The molecule has 0 bridgehead atoms. The number of carbonyl (C=O) groups excluding carboxylic acids is 2. The Morgan fingerprint density at radius 1 is 1.08 bits per heavy atom. The third-order valence-corrected chi connectivity index (χ3v) is 4.50. The Kier molecular flexibility index (Phi) is 3.73. The molecule has 2 aromatic carbocycles. The molecule has 1 aliphatic rings. The van der Waals surface area contributed by atoms with E-state index in [0.29, 0.717) is 27.9 Å². The van der Waals surface area contributed by atoms with E-state index in [1.165, 1.54) is 18.3 Å². The van der Waals surface area contributed by atoms with Gasteiger partial charge < -0.3 is 20.1 Å². The molecule has 126 valence electrons. The Balaban J connectivity index is 1.56. The van der Waals surface area contributed by atoms with Crippen molar-refractivity contribution in [3.05, 3.63) is 42.0 Å². The van der Waals surface area contributed by atoms with Gasteiger partial charge in [-0.15, -0.1) is 0 Å². The molecule has 0 saturated heterocycles. The van der Waals surface area contributed by atoms with Crippen LogP contribution in [-0.4, -0.2) is 23.6 Å². The summed E-state index contributed by atoms with van der Waals surface area (Å²) in [7, 11) is 0. The van der Waals surface area contributed by atoms with Crippen molar-refractivity contribution < 1.29 is 19.1 Å². The lowest BCUT2D eigenvalue weighted by molar-refractivity contribution is -0.114. The van der Waals surface area contributed by atoms with Gasteiger partial charge in [0.2, 0.25) is 12.7 Å². The maximum atomic E-state index is 12.5. The molecule has 0 spiro atoms. The highest BCUT2D eigenvalue weighted by atomic mass is 32.1. The second-order valence-corrected chi connectivity index (χ2v) is 6.44. The van der Waals surface area contributed by atoms with E-state index in [0.717, 1.165) is 10.2 Å². The Morgan fingerprint density at radius 2 is 1.92 bits per heavy atom. The average molecular weight is 355 g/mol. The minimum absolute atomic E-state index is 0.181. The van der Waals surface area contributed by atoms with E-state index in [4.69, 9.17) is 9.47 Å². The van der Waals surface area contributed by atoms with Gasteiger partial charge in [0, 0.05) is 24.2 Å². The number of benzene rings is 2. The fourth-order valence-electron chi connectivity index (χ4n) is 2.45. The van der Waals surface area contributed by atoms with Gasteiger partial charge in [0.25, 0.3) is 5.91 Å². The van der Waals surface area contributed by atoms with Crippen LogP contribution in [0.4, 0.5) is 10.8 Å². The summed E-state index contributed by atoms with van der Waals surface area (Å²) >= 11 is 1.32. The first-order valence-corrected chi connectivity index (χ1v) is 8.29. The van der Waals surface area contributed by atoms with Crippen LogP contribution in [0.3, 0.4) is 0 Å². The van der Waals surface area contributed by atoms with Gasteiger partial charge >= 0.3 is 0 Å². The van der Waals surface area contributed by atoms with Gasteiger partial charge in [-0.2, -0.15) is 0 Å². The third kappa shape index (κ3) is 3.11. The van der Waals surface area contributed by atoms with E-state index in [9.17, 15) is 9.59 Å². The molecule has 4 rings (SSSR count). The number of rotatable bonds is 3. The Bertz CT molecular complexity index is 999. The quantitative estimate of drug-likeness (QED) is 0.753. The molecule has 1 aliphatic heterocycles. The first kappa shape index (κ1) is 15.4. The summed E-state index contributed by atoms with van der Waals surface area (Å²) in [6, 6.07) is 10.4. The molecule has 0 saturated carbocycles. The van der Waals surface area contributed by atoms with Crippen LogP contribution in [0.15, 0.2) is 36.4 Å². The minimum atomic E-state index is -0.241. The molecule has 2 N–H and O–H groups in total. The molecule has 2 amide bonds. The normalized spacial score (nSPS) is 12.2. The lowest BCUT2D eigenvalue weighted by Crippen LogP contribution is -2.11. The average Bonchev–Trinajstić information content (AvgIpc) is 3.18. The summed E-state index contributed by atoms with van der Waals surface area (Å²) < 4.78 is 11.4. The molecular formula is C17H13N3O4S. The lowest BCUT2D eigenvalue weighted by atomic mass is 10.2. The number of thiazole rings is 1. The predicted molar refractivity (Wildman–Crippen MR) is 94.4 cm³/mol. The van der Waals surface area contributed by atoms with Gasteiger partial charge in [-0.05, 0) is 30.3 Å². The van der Waals surface area contributed by atoms with Gasteiger partial charge in [-0.25, -0.2) is 4.98 Å². The molecule has 0 unspecified atom stereocenters. The van der Waals surface area contributed by atoms with Crippen LogP contribution in [0.25, 0.3) is 10.2 Å². The van der Waals surface area contributed by atoms with E-state index < -0.39 is 0 Å². The molecule has 3 aromatic rings. The van der Waals surface area contributed by atoms with E-state index >= 15 is 0 Å². The van der Waals surface area contributed by atoms with Crippen molar-refractivity contribution in [1.82, 2.24) is 4.98 Å². The van der Waals surface area contributed by atoms with Gasteiger partial charge in [-0.1, -0.05) is 11.3 Å². The number of ether oxygens (including phenoxy) is 2. The summed E-state index contributed by atoms with van der Waals surface area (Å²) in [5.74, 6) is 0.848. The zero-order valence-corrected chi connectivity index (χ0v) is 14.0. The standard InChI is InChI=1S/C17H13N3O4S/c1-9(21)18-17-20-12-4-2-10(6-15(12)25-17)16(22)19-11-3-5-13-14(7-11)24-8-23-13/h2-7H,8H2,1H3,(H,19,22)(H,18,20,21). The van der Waals surface area contributed by atoms with Crippen molar-refractivity contribution in [2.75, 3.05) is 17.4 Å². The topological polar surface area (TPSA) is 89.6 Å². The summed E-state index contributed by atoms with van der Waals surface area (Å²) in [6.45, 7) is 1.61. The number of nitrogens with one attached hydrogen (secondary N) is 2. The van der Waals surface area contributed by atoms with Crippen molar-refractivity contribution in [3.63, 3.8) is 0 Å². The van der Waals surface area contributed by atoms with E-state index in [1.54, 1.807) is 36.4 Å². The van der Waals surface area contributed by atoms with Gasteiger partial charge in [0.15, 0.2) is 16.6 Å². The second kappa shape index (κ2) is 6.06. The largest absolute Gasteiger partial charge is 0.454 e. The van der Waals surface area contributed by atoms with Crippen LogP contribution in [0.1, 0.15) is 17.3 Å². The van der Waals surface area contributed by atoms with E-state index in [-0.39, 0.29) is 18.6 Å².